The summed E-state index contributed by atoms with van der Waals surface area (Å²) in [5.74, 6) is 0.623. The highest BCUT2D eigenvalue weighted by Gasteiger charge is 2.23. The summed E-state index contributed by atoms with van der Waals surface area (Å²) in [6.45, 7) is 0.786. The molecule has 11 heavy (non-hydrogen) atoms. The first kappa shape index (κ1) is 7.32. The first-order chi connectivity index (χ1) is 5.31. The van der Waals surface area contributed by atoms with Crippen LogP contribution in [0.3, 0.4) is 0 Å². The number of fused-ring (bicyclic) bond motifs is 1. The quantitative estimate of drug-likeness (QED) is 0.757. The van der Waals surface area contributed by atoms with Gasteiger partial charge in [-0.05, 0) is 36.2 Å². The van der Waals surface area contributed by atoms with Crippen molar-refractivity contribution in [3.8, 4) is 0 Å². The number of hydrogen-bond donors (Lipinski definition) is 1. The van der Waals surface area contributed by atoms with Crippen molar-refractivity contribution in [1.82, 2.24) is 0 Å². The third kappa shape index (κ3) is 1.10. The average Bonchev–Trinajstić information content (AvgIpc) is 1.95. The summed E-state index contributed by atoms with van der Waals surface area (Å²) in [4.78, 5) is 0. The summed E-state index contributed by atoms with van der Waals surface area (Å²) in [5, 5.41) is 0. The summed E-state index contributed by atoms with van der Waals surface area (Å²) < 4.78 is 1.17. The lowest BCUT2D eigenvalue weighted by Crippen LogP contribution is -2.24. The molecule has 1 atom stereocenters. The molecule has 0 saturated heterocycles. The van der Waals surface area contributed by atoms with Crippen LogP contribution in [0.1, 0.15) is 17.0 Å². The van der Waals surface area contributed by atoms with Crippen LogP contribution in [0.4, 0.5) is 0 Å². The van der Waals surface area contributed by atoms with Gasteiger partial charge in [-0.25, -0.2) is 0 Å². The summed E-state index contributed by atoms with van der Waals surface area (Å²) >= 11 is 3.44. The van der Waals surface area contributed by atoms with Crippen molar-refractivity contribution in [2.24, 2.45) is 5.73 Å². The van der Waals surface area contributed by atoms with Crippen LogP contribution in [0.5, 0.6) is 0 Å². The zero-order valence-electron chi connectivity index (χ0n) is 6.18. The van der Waals surface area contributed by atoms with Gasteiger partial charge in [0.1, 0.15) is 0 Å². The Morgan fingerprint density at radius 1 is 1.55 bits per heavy atom. The average molecular weight is 212 g/mol. The second-order valence-electron chi connectivity index (χ2n) is 2.98. The van der Waals surface area contributed by atoms with Gasteiger partial charge < -0.3 is 5.73 Å². The normalized spacial score (nSPS) is 20.7. The second-order valence-corrected chi connectivity index (χ2v) is 3.90. The minimum Gasteiger partial charge on any atom is -0.330 e. The lowest BCUT2D eigenvalue weighted by atomic mass is 9.78. The van der Waals surface area contributed by atoms with E-state index in [1.807, 2.05) is 0 Å². The Bertz CT molecular complexity index is 283. The van der Waals surface area contributed by atoms with Crippen molar-refractivity contribution in [3.63, 3.8) is 0 Å². The van der Waals surface area contributed by atoms with Crippen molar-refractivity contribution in [3.05, 3.63) is 33.8 Å². The lowest BCUT2D eigenvalue weighted by molar-refractivity contribution is 0.618. The fraction of sp³-hybridized carbons (Fsp3) is 0.333. The Morgan fingerprint density at radius 2 is 2.36 bits per heavy atom. The molecule has 0 aromatic heterocycles. The highest BCUT2D eigenvalue weighted by Crippen LogP contribution is 2.35. The highest BCUT2D eigenvalue weighted by molar-refractivity contribution is 9.10. The monoisotopic (exact) mass is 211 g/mol. The molecule has 0 heterocycles. The van der Waals surface area contributed by atoms with Gasteiger partial charge in [-0.1, -0.05) is 22.0 Å². The Kier molecular flexibility index (Phi) is 1.74. The Hall–Kier alpha value is -0.340. The van der Waals surface area contributed by atoms with Crippen LogP contribution in [-0.2, 0) is 6.42 Å². The molecule has 1 aromatic carbocycles. The molecule has 1 aromatic rings. The smallest absolute Gasteiger partial charge is 0.0178 e. The topological polar surface area (TPSA) is 26.0 Å². The summed E-state index contributed by atoms with van der Waals surface area (Å²) in [7, 11) is 0. The molecule has 0 saturated carbocycles. The van der Waals surface area contributed by atoms with Crippen molar-refractivity contribution in [2.75, 3.05) is 6.54 Å². The van der Waals surface area contributed by atoms with Crippen molar-refractivity contribution in [2.45, 2.75) is 12.3 Å². The lowest BCUT2D eigenvalue weighted by Gasteiger charge is -2.28. The Labute approximate surface area is 74.7 Å². The molecule has 0 fully saturated rings. The minimum atomic E-state index is 0.623. The molecule has 2 heteroatoms. The van der Waals surface area contributed by atoms with E-state index in [0.717, 1.165) is 13.0 Å². The van der Waals surface area contributed by atoms with E-state index in [-0.39, 0.29) is 0 Å². The summed E-state index contributed by atoms with van der Waals surface area (Å²) in [6, 6.07) is 6.43. The van der Waals surface area contributed by atoms with Crippen LogP contribution in [0.25, 0.3) is 0 Å². The van der Waals surface area contributed by atoms with E-state index in [0.29, 0.717) is 5.92 Å². The van der Waals surface area contributed by atoms with Crippen LogP contribution in [0, 0.1) is 0 Å². The van der Waals surface area contributed by atoms with Gasteiger partial charge in [0.05, 0.1) is 0 Å². The maximum absolute atomic E-state index is 5.57. The van der Waals surface area contributed by atoms with Crippen LogP contribution in [0.2, 0.25) is 0 Å². The zero-order valence-corrected chi connectivity index (χ0v) is 7.76. The second kappa shape index (κ2) is 2.61. The van der Waals surface area contributed by atoms with Gasteiger partial charge in [0.25, 0.3) is 0 Å². The molecule has 2 rings (SSSR count). The predicted octanol–water partition coefficient (Wildman–Crippen LogP) is 2.05. The van der Waals surface area contributed by atoms with Gasteiger partial charge in [0.2, 0.25) is 0 Å². The molecule has 0 radical (unpaired) electrons. The third-order valence-electron chi connectivity index (χ3n) is 2.30. The Morgan fingerprint density at radius 3 is 3.00 bits per heavy atom. The molecule has 0 aliphatic heterocycles. The number of halogens is 1. The van der Waals surface area contributed by atoms with Gasteiger partial charge in [0, 0.05) is 10.4 Å². The number of rotatable bonds is 1. The van der Waals surface area contributed by atoms with Crippen LogP contribution < -0.4 is 5.73 Å². The molecular weight excluding hydrogens is 202 g/mol. The van der Waals surface area contributed by atoms with E-state index in [1.54, 1.807) is 0 Å². The van der Waals surface area contributed by atoms with E-state index >= 15 is 0 Å². The van der Waals surface area contributed by atoms with Gasteiger partial charge in [-0.3, -0.25) is 0 Å². The van der Waals surface area contributed by atoms with Gasteiger partial charge in [-0.2, -0.15) is 0 Å². The summed E-state index contributed by atoms with van der Waals surface area (Å²) in [6.07, 6.45) is 1.16. The fourth-order valence-corrected chi connectivity index (χ4v) is 2.01. The minimum absolute atomic E-state index is 0.623. The van der Waals surface area contributed by atoms with E-state index in [2.05, 4.69) is 34.1 Å². The van der Waals surface area contributed by atoms with E-state index in [4.69, 9.17) is 5.73 Å². The van der Waals surface area contributed by atoms with Crippen LogP contribution in [0.15, 0.2) is 22.7 Å². The van der Waals surface area contributed by atoms with Crippen LogP contribution >= 0.6 is 15.9 Å². The summed E-state index contributed by atoms with van der Waals surface area (Å²) in [5.41, 5.74) is 8.47. The molecule has 1 nitrogen and oxygen atoms in total. The molecule has 0 spiro atoms. The van der Waals surface area contributed by atoms with Gasteiger partial charge in [0.15, 0.2) is 0 Å². The molecule has 0 amide bonds. The largest absolute Gasteiger partial charge is 0.330 e. The first-order valence-corrected chi connectivity index (χ1v) is 4.59. The highest BCUT2D eigenvalue weighted by atomic mass is 79.9. The number of nitrogens with two attached hydrogens (primary N) is 1. The van der Waals surface area contributed by atoms with E-state index < -0.39 is 0 Å². The molecule has 58 valence electrons. The SMILES string of the molecule is NCC1Cc2cc(Br)ccc21. The Balaban J connectivity index is 2.35. The molecule has 0 bridgehead atoms. The molecule has 1 unspecified atom stereocenters. The van der Waals surface area contributed by atoms with E-state index in [1.165, 1.54) is 15.6 Å². The van der Waals surface area contributed by atoms with E-state index in [9.17, 15) is 0 Å². The van der Waals surface area contributed by atoms with Gasteiger partial charge >= 0.3 is 0 Å². The standard InChI is InChI=1S/C9H10BrN/c10-8-1-2-9-6(4-8)3-7(9)5-11/h1-2,4,7H,3,5,11H2. The third-order valence-corrected chi connectivity index (χ3v) is 2.79. The van der Waals surface area contributed by atoms with Crippen molar-refractivity contribution in [1.29, 1.82) is 0 Å². The zero-order chi connectivity index (χ0) is 7.84. The molecular formula is C9H10BrN. The maximum Gasteiger partial charge on any atom is 0.0178 e. The first-order valence-electron chi connectivity index (χ1n) is 3.79. The van der Waals surface area contributed by atoms with Gasteiger partial charge in [-0.15, -0.1) is 0 Å². The molecule has 1 aliphatic rings. The number of hydrogen-bond acceptors (Lipinski definition) is 1. The molecule has 2 N–H and O–H groups in total. The van der Waals surface area contributed by atoms with Crippen LogP contribution in [-0.4, -0.2) is 6.54 Å². The van der Waals surface area contributed by atoms with Crippen molar-refractivity contribution >= 4 is 15.9 Å². The predicted molar refractivity (Wildman–Crippen MR) is 49.6 cm³/mol. The maximum atomic E-state index is 5.57. The fourth-order valence-electron chi connectivity index (χ4n) is 1.60. The molecule has 1 aliphatic carbocycles. The number of benzene rings is 1. The van der Waals surface area contributed by atoms with Crippen molar-refractivity contribution < 1.29 is 0 Å².